The molecule has 1 heterocycles. The number of carboxylic acids is 1. The van der Waals surface area contributed by atoms with Gasteiger partial charge in [0.15, 0.2) is 0 Å². The molecule has 1 saturated heterocycles. The minimum absolute atomic E-state index is 0.417. The zero-order valence-corrected chi connectivity index (χ0v) is 12.2. The maximum Gasteiger partial charge on any atom is 0.490 e. The van der Waals surface area contributed by atoms with Crippen molar-refractivity contribution in [2.24, 2.45) is 0 Å². The molecule has 0 aliphatic carbocycles. The van der Waals surface area contributed by atoms with Gasteiger partial charge in [-0.15, -0.1) is 6.58 Å². The lowest BCUT2D eigenvalue weighted by Crippen LogP contribution is -2.50. The second-order valence-electron chi connectivity index (χ2n) is 4.79. The summed E-state index contributed by atoms with van der Waals surface area (Å²) in [5.41, 5.74) is 2.68. The first-order valence-electron chi connectivity index (χ1n) is 6.73. The van der Waals surface area contributed by atoms with Crippen LogP contribution < -0.4 is 10.2 Å². The summed E-state index contributed by atoms with van der Waals surface area (Å²) in [7, 11) is 0. The summed E-state index contributed by atoms with van der Waals surface area (Å²) in [6.07, 6.45) is -3.06. The van der Waals surface area contributed by atoms with Gasteiger partial charge >= 0.3 is 12.1 Å². The molecule has 1 fully saturated rings. The predicted molar refractivity (Wildman–Crippen MR) is 79.1 cm³/mol. The van der Waals surface area contributed by atoms with Crippen molar-refractivity contribution >= 4 is 11.7 Å². The van der Waals surface area contributed by atoms with Crippen LogP contribution in [0.15, 0.2) is 36.9 Å². The first-order chi connectivity index (χ1) is 10.3. The predicted octanol–water partition coefficient (Wildman–Crippen LogP) is 2.59. The molecule has 1 atom stereocenters. The van der Waals surface area contributed by atoms with Crippen molar-refractivity contribution in [1.82, 2.24) is 5.32 Å². The molecular weight excluding hydrogens is 297 g/mol. The third-order valence-electron chi connectivity index (χ3n) is 3.22. The smallest absolute Gasteiger partial charge is 0.475 e. The minimum Gasteiger partial charge on any atom is -0.475 e. The number of hydrogen-bond acceptors (Lipinski definition) is 3. The Bertz CT molecular complexity index is 518. The van der Waals surface area contributed by atoms with E-state index in [2.05, 4.69) is 48.0 Å². The Labute approximate surface area is 127 Å². The van der Waals surface area contributed by atoms with Crippen molar-refractivity contribution in [3.63, 3.8) is 0 Å². The summed E-state index contributed by atoms with van der Waals surface area (Å²) in [6.45, 7) is 9.18. The van der Waals surface area contributed by atoms with Crippen LogP contribution in [0.5, 0.6) is 0 Å². The van der Waals surface area contributed by atoms with Crippen LogP contribution in [0, 0.1) is 6.92 Å². The number of alkyl halides is 3. The van der Waals surface area contributed by atoms with Crippen molar-refractivity contribution in [2.75, 3.05) is 24.5 Å². The second-order valence-corrected chi connectivity index (χ2v) is 4.79. The lowest BCUT2D eigenvalue weighted by molar-refractivity contribution is -0.192. The molecule has 2 rings (SSSR count). The molecule has 122 valence electrons. The number of hydrogen-bond donors (Lipinski definition) is 2. The summed E-state index contributed by atoms with van der Waals surface area (Å²) >= 11 is 0. The Morgan fingerprint density at radius 3 is 2.55 bits per heavy atom. The van der Waals surface area contributed by atoms with Crippen molar-refractivity contribution < 1.29 is 23.1 Å². The molecule has 0 amide bonds. The van der Waals surface area contributed by atoms with E-state index in [9.17, 15) is 13.2 Å². The van der Waals surface area contributed by atoms with Crippen molar-refractivity contribution in [2.45, 2.75) is 19.1 Å². The fourth-order valence-electron chi connectivity index (χ4n) is 2.12. The highest BCUT2D eigenvalue weighted by atomic mass is 19.4. The third kappa shape index (κ3) is 5.07. The first kappa shape index (κ1) is 18.0. The molecule has 1 unspecified atom stereocenters. The second kappa shape index (κ2) is 7.84. The fourth-order valence-corrected chi connectivity index (χ4v) is 2.12. The molecule has 1 aromatic rings. The van der Waals surface area contributed by atoms with E-state index in [1.165, 1.54) is 11.3 Å². The molecule has 22 heavy (non-hydrogen) atoms. The van der Waals surface area contributed by atoms with Crippen LogP contribution in [-0.2, 0) is 4.79 Å². The molecule has 0 radical (unpaired) electrons. The number of anilines is 1. The van der Waals surface area contributed by atoms with Gasteiger partial charge in [-0.2, -0.15) is 13.2 Å². The van der Waals surface area contributed by atoms with Crippen molar-refractivity contribution in [1.29, 1.82) is 0 Å². The molecule has 1 aliphatic heterocycles. The monoisotopic (exact) mass is 316 g/mol. The minimum atomic E-state index is -5.08. The largest absolute Gasteiger partial charge is 0.490 e. The van der Waals surface area contributed by atoms with Gasteiger partial charge in [-0.25, -0.2) is 4.79 Å². The van der Waals surface area contributed by atoms with E-state index < -0.39 is 12.1 Å². The summed E-state index contributed by atoms with van der Waals surface area (Å²) < 4.78 is 31.7. The Morgan fingerprint density at radius 1 is 1.45 bits per heavy atom. The van der Waals surface area contributed by atoms with Crippen LogP contribution in [0.2, 0.25) is 0 Å². The number of para-hydroxylation sites is 1. The van der Waals surface area contributed by atoms with Gasteiger partial charge in [0.1, 0.15) is 0 Å². The normalized spacial score (nSPS) is 18.2. The van der Waals surface area contributed by atoms with E-state index in [0.717, 1.165) is 19.6 Å². The Morgan fingerprint density at radius 2 is 2.05 bits per heavy atom. The summed E-state index contributed by atoms with van der Waals surface area (Å²) in [5.74, 6) is -2.76. The number of nitrogens with one attached hydrogen (secondary N) is 1. The maximum absolute atomic E-state index is 10.6. The number of benzene rings is 1. The van der Waals surface area contributed by atoms with Gasteiger partial charge in [0.05, 0.1) is 6.04 Å². The molecule has 7 heteroatoms. The molecule has 0 bridgehead atoms. The number of piperazine rings is 1. The number of carboxylic acid groups (broad SMARTS) is 1. The number of aryl methyl sites for hydroxylation is 1. The number of carbonyl (C=O) groups is 1. The van der Waals surface area contributed by atoms with Crippen molar-refractivity contribution in [3.05, 3.63) is 42.5 Å². The number of rotatable bonds is 2. The Balaban J connectivity index is 0.000000295. The average molecular weight is 316 g/mol. The number of aliphatic carboxylic acids is 1. The topological polar surface area (TPSA) is 52.6 Å². The highest BCUT2D eigenvalue weighted by molar-refractivity contribution is 5.73. The summed E-state index contributed by atoms with van der Waals surface area (Å²) in [4.78, 5) is 11.3. The maximum atomic E-state index is 10.6. The van der Waals surface area contributed by atoms with Gasteiger partial charge in [0.2, 0.25) is 0 Å². The van der Waals surface area contributed by atoms with Crippen molar-refractivity contribution in [3.8, 4) is 0 Å². The first-order valence-corrected chi connectivity index (χ1v) is 6.73. The lowest BCUT2D eigenvalue weighted by atomic mass is 10.1. The summed E-state index contributed by atoms with van der Waals surface area (Å²) in [6, 6.07) is 8.96. The SMILES string of the molecule is C=CC1CNCCN1c1ccccc1C.O=C(O)C(F)(F)F. The zero-order chi connectivity index (χ0) is 16.8. The van der Waals surface area contributed by atoms with E-state index in [1.807, 2.05) is 6.08 Å². The van der Waals surface area contributed by atoms with Crippen LogP contribution >= 0.6 is 0 Å². The highest BCUT2D eigenvalue weighted by Gasteiger charge is 2.38. The van der Waals surface area contributed by atoms with E-state index in [4.69, 9.17) is 9.90 Å². The van der Waals surface area contributed by atoms with Gasteiger partial charge in [0.25, 0.3) is 0 Å². The zero-order valence-electron chi connectivity index (χ0n) is 12.2. The van der Waals surface area contributed by atoms with Gasteiger partial charge in [-0.3, -0.25) is 0 Å². The molecular formula is C15H19F3N2O2. The quantitative estimate of drug-likeness (QED) is 0.824. The number of nitrogens with zero attached hydrogens (tertiary/aromatic N) is 1. The molecule has 0 saturated carbocycles. The fraction of sp³-hybridized carbons (Fsp3) is 0.400. The van der Waals surface area contributed by atoms with Gasteiger partial charge in [-0.1, -0.05) is 24.3 Å². The van der Waals surface area contributed by atoms with E-state index in [0.29, 0.717) is 6.04 Å². The van der Waals surface area contributed by atoms with E-state index in [-0.39, 0.29) is 0 Å². The molecule has 1 aliphatic rings. The van der Waals surface area contributed by atoms with E-state index >= 15 is 0 Å². The molecule has 4 nitrogen and oxygen atoms in total. The van der Waals surface area contributed by atoms with Gasteiger partial charge in [-0.05, 0) is 18.6 Å². The van der Waals surface area contributed by atoms with Crippen LogP contribution in [-0.4, -0.2) is 42.9 Å². The van der Waals surface area contributed by atoms with Crippen LogP contribution in [0.4, 0.5) is 18.9 Å². The molecule has 2 N–H and O–H groups in total. The van der Waals surface area contributed by atoms with Gasteiger partial charge < -0.3 is 15.3 Å². The third-order valence-corrected chi connectivity index (χ3v) is 3.22. The van der Waals surface area contributed by atoms with Gasteiger partial charge in [0, 0.05) is 25.3 Å². The molecule has 1 aromatic carbocycles. The molecule has 0 spiro atoms. The van der Waals surface area contributed by atoms with Crippen LogP contribution in [0.1, 0.15) is 5.56 Å². The standard InChI is InChI=1S/C13H18N2.C2HF3O2/c1-3-12-10-14-8-9-15(12)13-7-5-4-6-11(13)2;3-2(4,5)1(6)7/h3-7,12,14H,1,8-10H2,2H3;(H,6,7). The highest BCUT2D eigenvalue weighted by Crippen LogP contribution is 2.22. The summed E-state index contributed by atoms with van der Waals surface area (Å²) in [5, 5.41) is 10.5. The molecule has 0 aromatic heterocycles. The van der Waals surface area contributed by atoms with Crippen LogP contribution in [0.25, 0.3) is 0 Å². The van der Waals surface area contributed by atoms with Crippen LogP contribution in [0.3, 0.4) is 0 Å². The number of halogens is 3. The Hall–Kier alpha value is -2.02. The lowest BCUT2D eigenvalue weighted by Gasteiger charge is -2.37. The van der Waals surface area contributed by atoms with E-state index in [1.54, 1.807) is 0 Å². The average Bonchev–Trinajstić information content (AvgIpc) is 2.47. The Kier molecular flexibility index (Phi) is 6.42.